The first-order valence-corrected chi connectivity index (χ1v) is 12.0. The number of amidine groups is 1. The number of nitrogens with zero attached hydrogens (tertiary/aromatic N) is 2. The third-order valence-electron chi connectivity index (χ3n) is 5.12. The monoisotopic (exact) mass is 472 g/mol. The van der Waals surface area contributed by atoms with Gasteiger partial charge >= 0.3 is 5.97 Å². The number of nitrogens with one attached hydrogen (secondary N) is 2. The Hall–Kier alpha value is -3.40. The van der Waals surface area contributed by atoms with Crippen molar-refractivity contribution in [2.24, 2.45) is 10.9 Å². The van der Waals surface area contributed by atoms with E-state index >= 15 is 0 Å². The van der Waals surface area contributed by atoms with Gasteiger partial charge in [0.2, 0.25) is 0 Å². The van der Waals surface area contributed by atoms with Crippen molar-refractivity contribution in [2.45, 2.75) is 37.8 Å². The minimum atomic E-state index is -3.73. The van der Waals surface area contributed by atoms with Crippen LogP contribution in [0.3, 0.4) is 0 Å². The quantitative estimate of drug-likeness (QED) is 0.598. The van der Waals surface area contributed by atoms with Crippen molar-refractivity contribution in [1.82, 2.24) is 4.72 Å². The highest BCUT2D eigenvalue weighted by molar-refractivity contribution is 7.90. The number of hydrogen-bond donors (Lipinski definition) is 2. The lowest BCUT2D eigenvalue weighted by atomic mass is 10.0. The van der Waals surface area contributed by atoms with E-state index in [0.29, 0.717) is 11.3 Å². The fourth-order valence-corrected chi connectivity index (χ4v) is 4.47. The standard InChI is InChI=1S/C23H28N4O5S/c1-14(2)20(25-21-18-8-6-7-9-19(18)33(30,31)26-21)23(29)32-15(3)22(28)24-16-10-12-17(13-11-16)27(4)5/h6-15,20H,1-5H3,(H,24,28)(H,25,26). The summed E-state index contributed by atoms with van der Waals surface area (Å²) in [5.74, 6) is -1.41. The number of ether oxygens (including phenoxy) is 1. The Labute approximate surface area is 193 Å². The van der Waals surface area contributed by atoms with Crippen molar-refractivity contribution in [1.29, 1.82) is 0 Å². The van der Waals surface area contributed by atoms with E-state index < -0.39 is 34.0 Å². The fraction of sp³-hybridized carbons (Fsp3) is 0.348. The molecule has 0 saturated heterocycles. The van der Waals surface area contributed by atoms with Crippen molar-refractivity contribution in [3.63, 3.8) is 0 Å². The Morgan fingerprint density at radius 2 is 1.67 bits per heavy atom. The molecule has 2 aromatic carbocycles. The Bertz CT molecular complexity index is 1170. The van der Waals surface area contributed by atoms with Crippen molar-refractivity contribution in [2.75, 3.05) is 24.3 Å². The number of amides is 1. The summed E-state index contributed by atoms with van der Waals surface area (Å²) in [5.41, 5.74) is 1.95. The molecular weight excluding hydrogens is 444 g/mol. The summed E-state index contributed by atoms with van der Waals surface area (Å²) in [5, 5.41) is 2.72. The third kappa shape index (κ3) is 5.51. The summed E-state index contributed by atoms with van der Waals surface area (Å²) < 4.78 is 32.4. The molecule has 33 heavy (non-hydrogen) atoms. The zero-order chi connectivity index (χ0) is 24.3. The van der Waals surface area contributed by atoms with Crippen molar-refractivity contribution >= 4 is 39.1 Å². The summed E-state index contributed by atoms with van der Waals surface area (Å²) in [4.78, 5) is 31.8. The highest BCUT2D eigenvalue weighted by atomic mass is 32.2. The van der Waals surface area contributed by atoms with Crippen LogP contribution in [0.5, 0.6) is 0 Å². The predicted molar refractivity (Wildman–Crippen MR) is 127 cm³/mol. The van der Waals surface area contributed by atoms with E-state index in [4.69, 9.17) is 4.74 Å². The molecule has 0 radical (unpaired) electrons. The van der Waals surface area contributed by atoms with Crippen molar-refractivity contribution in [3.8, 4) is 0 Å². The number of fused-ring (bicyclic) bond motifs is 1. The molecule has 2 atom stereocenters. The van der Waals surface area contributed by atoms with Gasteiger partial charge < -0.3 is 15.0 Å². The number of benzene rings is 2. The van der Waals surface area contributed by atoms with Gasteiger partial charge in [-0.25, -0.2) is 13.2 Å². The fourth-order valence-electron chi connectivity index (χ4n) is 3.23. The zero-order valence-corrected chi connectivity index (χ0v) is 20.0. The SMILES string of the molecule is CC(OC(=O)C(N=C1NS(=O)(=O)c2ccccc21)C(C)C)C(=O)Nc1ccc(N(C)C)cc1. The Morgan fingerprint density at radius 1 is 1.03 bits per heavy atom. The average molecular weight is 473 g/mol. The molecule has 2 unspecified atom stereocenters. The summed E-state index contributed by atoms with van der Waals surface area (Å²) in [7, 11) is 0.0993. The van der Waals surface area contributed by atoms with Gasteiger partial charge in [0.25, 0.3) is 15.9 Å². The lowest BCUT2D eigenvalue weighted by Crippen LogP contribution is -2.37. The smallest absolute Gasteiger partial charge is 0.331 e. The summed E-state index contributed by atoms with van der Waals surface area (Å²) >= 11 is 0. The second-order valence-electron chi connectivity index (χ2n) is 8.28. The van der Waals surface area contributed by atoms with E-state index in [1.54, 1.807) is 44.2 Å². The van der Waals surface area contributed by atoms with Crippen LogP contribution in [0.2, 0.25) is 0 Å². The Balaban J connectivity index is 1.72. The molecular formula is C23H28N4O5S. The van der Waals surface area contributed by atoms with Gasteiger partial charge in [0.1, 0.15) is 5.84 Å². The van der Waals surface area contributed by atoms with E-state index in [2.05, 4.69) is 15.0 Å². The van der Waals surface area contributed by atoms with Gasteiger partial charge in [-0.1, -0.05) is 26.0 Å². The molecule has 0 aliphatic carbocycles. The largest absolute Gasteiger partial charge is 0.451 e. The van der Waals surface area contributed by atoms with Gasteiger partial charge in [0.05, 0.1) is 4.90 Å². The number of anilines is 2. The minimum Gasteiger partial charge on any atom is -0.451 e. The van der Waals surface area contributed by atoms with Crippen LogP contribution in [0, 0.1) is 5.92 Å². The van der Waals surface area contributed by atoms with Crippen molar-refractivity contribution < 1.29 is 22.7 Å². The maximum Gasteiger partial charge on any atom is 0.331 e. The highest BCUT2D eigenvalue weighted by Gasteiger charge is 2.34. The number of hydrogen-bond acceptors (Lipinski definition) is 7. The number of rotatable bonds is 7. The molecule has 0 bridgehead atoms. The third-order valence-corrected chi connectivity index (χ3v) is 6.51. The van der Waals surface area contributed by atoms with Crippen LogP contribution in [0.25, 0.3) is 0 Å². The predicted octanol–water partition coefficient (Wildman–Crippen LogP) is 2.39. The summed E-state index contributed by atoms with van der Waals surface area (Å²) in [6.07, 6.45) is -1.07. The van der Waals surface area contributed by atoms with Crippen LogP contribution >= 0.6 is 0 Å². The molecule has 0 aromatic heterocycles. The lowest BCUT2D eigenvalue weighted by molar-refractivity contribution is -0.155. The molecule has 1 aliphatic heterocycles. The number of sulfonamides is 1. The molecule has 176 valence electrons. The summed E-state index contributed by atoms with van der Waals surface area (Å²) in [6, 6.07) is 12.6. The first kappa shape index (κ1) is 24.2. The van der Waals surface area contributed by atoms with Gasteiger partial charge in [-0.15, -0.1) is 0 Å². The number of aliphatic imine (C=N–C) groups is 1. The second-order valence-corrected chi connectivity index (χ2v) is 9.93. The van der Waals surface area contributed by atoms with Crippen LogP contribution in [-0.2, 0) is 24.3 Å². The highest BCUT2D eigenvalue weighted by Crippen LogP contribution is 2.24. The number of carbonyl (C=O) groups is 2. The molecule has 0 fully saturated rings. The zero-order valence-electron chi connectivity index (χ0n) is 19.2. The molecule has 0 saturated carbocycles. The van der Waals surface area contributed by atoms with Gasteiger partial charge in [-0.2, -0.15) is 0 Å². The molecule has 2 N–H and O–H groups in total. The summed E-state index contributed by atoms with van der Waals surface area (Å²) in [6.45, 7) is 5.00. The molecule has 1 amide bonds. The lowest BCUT2D eigenvalue weighted by Gasteiger charge is -2.20. The van der Waals surface area contributed by atoms with E-state index in [1.165, 1.54) is 13.0 Å². The number of carbonyl (C=O) groups excluding carboxylic acids is 2. The van der Waals surface area contributed by atoms with Crippen LogP contribution in [0.1, 0.15) is 26.3 Å². The topological polar surface area (TPSA) is 117 Å². The van der Waals surface area contributed by atoms with E-state index in [-0.39, 0.29) is 16.6 Å². The minimum absolute atomic E-state index is 0.0827. The van der Waals surface area contributed by atoms with E-state index in [1.807, 2.05) is 31.1 Å². The second kappa shape index (κ2) is 9.62. The molecule has 1 aliphatic rings. The van der Waals surface area contributed by atoms with E-state index in [0.717, 1.165) is 5.69 Å². The first-order valence-electron chi connectivity index (χ1n) is 10.5. The van der Waals surface area contributed by atoms with Crippen LogP contribution in [0.4, 0.5) is 11.4 Å². The van der Waals surface area contributed by atoms with Crippen molar-refractivity contribution in [3.05, 3.63) is 54.1 Å². The first-order chi connectivity index (χ1) is 15.5. The number of esters is 1. The normalized spacial score (nSPS) is 17.1. The molecule has 0 spiro atoms. The maximum atomic E-state index is 12.8. The van der Waals surface area contributed by atoms with Gasteiger partial charge in [0.15, 0.2) is 12.1 Å². The molecule has 3 rings (SSSR count). The molecule has 9 nitrogen and oxygen atoms in total. The maximum absolute atomic E-state index is 12.8. The molecule has 2 aromatic rings. The molecule has 10 heteroatoms. The molecule has 1 heterocycles. The van der Waals surface area contributed by atoms with Crippen LogP contribution in [-0.4, -0.2) is 52.4 Å². The Kier molecular flexibility index (Phi) is 7.06. The van der Waals surface area contributed by atoms with Crippen LogP contribution < -0.4 is 14.9 Å². The van der Waals surface area contributed by atoms with Gasteiger partial charge in [0, 0.05) is 31.0 Å². The van der Waals surface area contributed by atoms with Gasteiger partial charge in [-0.05, 0) is 49.2 Å². The average Bonchev–Trinajstić information content (AvgIpc) is 3.02. The van der Waals surface area contributed by atoms with E-state index in [9.17, 15) is 18.0 Å². The van der Waals surface area contributed by atoms with Crippen LogP contribution in [0.15, 0.2) is 58.4 Å². The van der Waals surface area contributed by atoms with Gasteiger partial charge in [-0.3, -0.25) is 14.5 Å². The Morgan fingerprint density at radius 3 is 2.27 bits per heavy atom.